The third-order valence-corrected chi connectivity index (χ3v) is 4.24. The van der Waals surface area contributed by atoms with Crippen LogP contribution in [0.3, 0.4) is 0 Å². The second-order valence-corrected chi connectivity index (χ2v) is 6.08. The monoisotopic (exact) mass is 325 g/mol. The first-order valence-corrected chi connectivity index (χ1v) is 7.99. The number of rotatable bonds is 7. The highest BCUT2D eigenvalue weighted by molar-refractivity contribution is 6.42. The fraction of sp³-hybridized carbons (Fsp3) is 0.438. The summed E-state index contributed by atoms with van der Waals surface area (Å²) in [4.78, 5) is 0. The van der Waals surface area contributed by atoms with E-state index < -0.39 is 0 Å². The number of nitrogens with zero attached hydrogens (tertiary/aromatic N) is 2. The van der Waals surface area contributed by atoms with E-state index in [1.807, 2.05) is 36.1 Å². The third kappa shape index (κ3) is 5.03. The summed E-state index contributed by atoms with van der Waals surface area (Å²) in [6, 6.07) is 6.29. The summed E-state index contributed by atoms with van der Waals surface area (Å²) in [6.07, 6.45) is 7.04. The van der Waals surface area contributed by atoms with E-state index in [1.54, 1.807) is 0 Å². The zero-order chi connectivity index (χ0) is 15.2. The zero-order valence-electron chi connectivity index (χ0n) is 12.4. The van der Waals surface area contributed by atoms with E-state index in [0.29, 0.717) is 16.1 Å². The molecule has 5 heteroatoms. The molecule has 1 N–H and O–H groups in total. The van der Waals surface area contributed by atoms with Crippen LogP contribution in [0.25, 0.3) is 0 Å². The summed E-state index contributed by atoms with van der Waals surface area (Å²) in [5.74, 6) is 0. The Morgan fingerprint density at radius 1 is 1.24 bits per heavy atom. The van der Waals surface area contributed by atoms with Gasteiger partial charge in [-0.25, -0.2) is 0 Å². The van der Waals surface area contributed by atoms with E-state index in [2.05, 4.69) is 23.5 Å². The summed E-state index contributed by atoms with van der Waals surface area (Å²) in [5, 5.41) is 8.98. The molecule has 0 aliphatic rings. The molecule has 0 saturated heterocycles. The lowest BCUT2D eigenvalue weighted by atomic mass is 10.00. The standard InChI is InChI=1S/C16H21Cl2N3/c1-3-19-14(6-4-13-10-20-21(2)11-13)8-12-5-7-15(17)16(18)9-12/h5,7,9-11,14,19H,3-4,6,8H2,1-2H3. The third-order valence-electron chi connectivity index (χ3n) is 3.50. The highest BCUT2D eigenvalue weighted by Crippen LogP contribution is 2.23. The topological polar surface area (TPSA) is 29.9 Å². The van der Waals surface area contributed by atoms with Gasteiger partial charge in [-0.05, 0) is 49.1 Å². The number of nitrogens with one attached hydrogen (secondary N) is 1. The van der Waals surface area contributed by atoms with Crippen molar-refractivity contribution in [2.45, 2.75) is 32.2 Å². The van der Waals surface area contributed by atoms with Gasteiger partial charge in [0.05, 0.1) is 16.2 Å². The lowest BCUT2D eigenvalue weighted by Crippen LogP contribution is -2.31. The predicted octanol–water partition coefficient (Wildman–Crippen LogP) is 3.88. The van der Waals surface area contributed by atoms with Gasteiger partial charge in [0.1, 0.15) is 0 Å². The molecule has 0 saturated carbocycles. The first-order valence-electron chi connectivity index (χ1n) is 7.23. The minimum absolute atomic E-state index is 0.424. The van der Waals surface area contributed by atoms with Gasteiger partial charge in [-0.1, -0.05) is 36.2 Å². The number of likely N-dealkylation sites (N-methyl/N-ethyl adjacent to an activating group) is 1. The van der Waals surface area contributed by atoms with E-state index >= 15 is 0 Å². The molecule has 1 aromatic heterocycles. The van der Waals surface area contributed by atoms with Gasteiger partial charge < -0.3 is 5.32 Å². The molecule has 0 aliphatic carbocycles. The van der Waals surface area contributed by atoms with Gasteiger partial charge in [0.25, 0.3) is 0 Å². The molecule has 0 amide bonds. The molecule has 0 radical (unpaired) electrons. The van der Waals surface area contributed by atoms with Crippen LogP contribution in [0.5, 0.6) is 0 Å². The summed E-state index contributed by atoms with van der Waals surface area (Å²) in [7, 11) is 1.95. The fourth-order valence-corrected chi connectivity index (χ4v) is 2.78. The van der Waals surface area contributed by atoms with Gasteiger partial charge in [0.2, 0.25) is 0 Å². The molecule has 1 heterocycles. The normalized spacial score (nSPS) is 12.6. The number of halogens is 2. The summed E-state index contributed by atoms with van der Waals surface area (Å²) < 4.78 is 1.84. The van der Waals surface area contributed by atoms with Crippen molar-refractivity contribution in [1.82, 2.24) is 15.1 Å². The maximum Gasteiger partial charge on any atom is 0.0595 e. The first kappa shape index (κ1) is 16.3. The Morgan fingerprint density at radius 3 is 2.67 bits per heavy atom. The number of benzene rings is 1. The zero-order valence-corrected chi connectivity index (χ0v) is 14.0. The molecule has 0 bridgehead atoms. The van der Waals surface area contributed by atoms with Gasteiger partial charge >= 0.3 is 0 Å². The quantitative estimate of drug-likeness (QED) is 0.837. The van der Waals surface area contributed by atoms with E-state index in [1.165, 1.54) is 11.1 Å². The Morgan fingerprint density at radius 2 is 2.05 bits per heavy atom. The summed E-state index contributed by atoms with van der Waals surface area (Å²) in [5.41, 5.74) is 2.48. The van der Waals surface area contributed by atoms with Crippen LogP contribution in [0.1, 0.15) is 24.5 Å². The van der Waals surface area contributed by atoms with E-state index in [4.69, 9.17) is 23.2 Å². The lowest BCUT2D eigenvalue weighted by molar-refractivity contribution is 0.491. The van der Waals surface area contributed by atoms with Crippen LogP contribution in [0.15, 0.2) is 30.6 Å². The van der Waals surface area contributed by atoms with Crippen LogP contribution in [0, 0.1) is 0 Å². The molecular formula is C16H21Cl2N3. The summed E-state index contributed by atoms with van der Waals surface area (Å²) in [6.45, 7) is 3.09. The van der Waals surface area contributed by atoms with Crippen molar-refractivity contribution < 1.29 is 0 Å². The SMILES string of the molecule is CCNC(CCc1cnn(C)c1)Cc1ccc(Cl)c(Cl)c1. The highest BCUT2D eigenvalue weighted by Gasteiger charge is 2.10. The van der Waals surface area contributed by atoms with Crippen molar-refractivity contribution in [3.8, 4) is 0 Å². The molecule has 1 aromatic carbocycles. The second-order valence-electron chi connectivity index (χ2n) is 5.27. The maximum atomic E-state index is 6.09. The number of aromatic nitrogens is 2. The highest BCUT2D eigenvalue weighted by atomic mass is 35.5. The molecule has 3 nitrogen and oxygen atoms in total. The molecule has 114 valence electrons. The average Bonchev–Trinajstić information content (AvgIpc) is 2.86. The molecule has 2 rings (SSSR count). The molecular weight excluding hydrogens is 305 g/mol. The number of hydrogen-bond acceptors (Lipinski definition) is 2. The van der Waals surface area contributed by atoms with E-state index in [0.717, 1.165) is 25.8 Å². The van der Waals surface area contributed by atoms with Gasteiger partial charge in [0, 0.05) is 19.3 Å². The van der Waals surface area contributed by atoms with Crippen LogP contribution in [0.4, 0.5) is 0 Å². The van der Waals surface area contributed by atoms with Crippen molar-refractivity contribution in [2.24, 2.45) is 7.05 Å². The van der Waals surface area contributed by atoms with Crippen molar-refractivity contribution in [3.05, 3.63) is 51.8 Å². The van der Waals surface area contributed by atoms with Crippen LogP contribution in [0.2, 0.25) is 10.0 Å². The van der Waals surface area contributed by atoms with Crippen LogP contribution in [-0.4, -0.2) is 22.4 Å². The second kappa shape index (κ2) is 7.83. The van der Waals surface area contributed by atoms with Crippen molar-refractivity contribution in [3.63, 3.8) is 0 Å². The van der Waals surface area contributed by atoms with E-state index in [9.17, 15) is 0 Å². The Balaban J connectivity index is 1.96. The Bertz CT molecular complexity index is 581. The minimum atomic E-state index is 0.424. The van der Waals surface area contributed by atoms with Crippen LogP contribution < -0.4 is 5.32 Å². The smallest absolute Gasteiger partial charge is 0.0595 e. The Kier molecular flexibility index (Phi) is 6.09. The Labute approximate surface area is 136 Å². The predicted molar refractivity (Wildman–Crippen MR) is 89.2 cm³/mol. The van der Waals surface area contributed by atoms with Crippen molar-refractivity contribution in [2.75, 3.05) is 6.54 Å². The van der Waals surface area contributed by atoms with Gasteiger partial charge in [0.15, 0.2) is 0 Å². The Hall–Kier alpha value is -1.03. The average molecular weight is 326 g/mol. The van der Waals surface area contributed by atoms with Crippen LogP contribution in [-0.2, 0) is 19.9 Å². The van der Waals surface area contributed by atoms with Gasteiger partial charge in [-0.15, -0.1) is 0 Å². The minimum Gasteiger partial charge on any atom is -0.314 e. The molecule has 2 aromatic rings. The molecule has 0 spiro atoms. The molecule has 21 heavy (non-hydrogen) atoms. The maximum absolute atomic E-state index is 6.09. The van der Waals surface area contributed by atoms with Crippen LogP contribution >= 0.6 is 23.2 Å². The first-order chi connectivity index (χ1) is 10.1. The summed E-state index contributed by atoms with van der Waals surface area (Å²) >= 11 is 12.1. The van der Waals surface area contributed by atoms with Crippen molar-refractivity contribution in [1.29, 1.82) is 0 Å². The molecule has 0 fully saturated rings. The molecule has 1 unspecified atom stereocenters. The van der Waals surface area contributed by atoms with Gasteiger partial charge in [-0.2, -0.15) is 5.10 Å². The van der Waals surface area contributed by atoms with Gasteiger partial charge in [-0.3, -0.25) is 4.68 Å². The fourth-order valence-electron chi connectivity index (χ4n) is 2.46. The number of aryl methyl sites for hydroxylation is 2. The largest absolute Gasteiger partial charge is 0.314 e. The number of hydrogen-bond donors (Lipinski definition) is 1. The molecule has 1 atom stereocenters. The van der Waals surface area contributed by atoms with Crippen molar-refractivity contribution >= 4 is 23.2 Å². The molecule has 0 aliphatic heterocycles. The lowest BCUT2D eigenvalue weighted by Gasteiger charge is -2.18. The van der Waals surface area contributed by atoms with E-state index in [-0.39, 0.29) is 0 Å².